The average Bonchev–Trinajstić information content (AvgIpc) is 3.44. The predicted octanol–water partition coefficient (Wildman–Crippen LogP) is 2.20. The van der Waals surface area contributed by atoms with Crippen LogP contribution in [-0.4, -0.2) is 25.8 Å². The Balaban J connectivity index is 1.81. The Morgan fingerprint density at radius 1 is 1.21 bits per heavy atom. The maximum absolute atomic E-state index is 12.8. The van der Waals surface area contributed by atoms with Gasteiger partial charge in [0, 0.05) is 24.4 Å². The first-order valence-corrected chi connectivity index (χ1v) is 10.2. The summed E-state index contributed by atoms with van der Waals surface area (Å²) in [5.41, 5.74) is 2.28. The third-order valence-electron chi connectivity index (χ3n) is 5.53. The monoisotopic (exact) mass is 401 g/mol. The Morgan fingerprint density at radius 2 is 1.93 bits per heavy atom. The van der Waals surface area contributed by atoms with Crippen LogP contribution in [0, 0.1) is 10.1 Å². The van der Waals surface area contributed by atoms with Crippen LogP contribution < -0.4 is 9.62 Å². The summed E-state index contributed by atoms with van der Waals surface area (Å²) < 4.78 is 25.3. The van der Waals surface area contributed by atoms with E-state index in [-0.39, 0.29) is 11.6 Å². The number of likely N-dealkylation sites (N-methyl/N-ethyl adjacent to an activating group) is 1. The van der Waals surface area contributed by atoms with Gasteiger partial charge >= 0.3 is 0 Å². The Bertz CT molecular complexity index is 1050. The molecule has 1 spiro atoms. The first-order chi connectivity index (χ1) is 13.4. The quantitative estimate of drug-likeness (QED) is 0.438. The minimum Gasteiger partial charge on any atom is -0.312 e. The van der Waals surface area contributed by atoms with Gasteiger partial charge in [0.05, 0.1) is 16.4 Å². The zero-order chi connectivity index (χ0) is 20.1. The van der Waals surface area contributed by atoms with Crippen molar-refractivity contribution in [1.82, 2.24) is 4.72 Å². The number of anilines is 1. The lowest BCUT2D eigenvalue weighted by Crippen LogP contribution is -2.31. The summed E-state index contributed by atoms with van der Waals surface area (Å²) in [4.78, 5) is 25.1. The molecule has 0 aromatic heterocycles. The molecule has 2 aromatic carbocycles. The fourth-order valence-electron chi connectivity index (χ4n) is 4.02. The number of nitrogens with zero attached hydrogens (tertiary/aromatic N) is 2. The Labute approximate surface area is 163 Å². The predicted molar refractivity (Wildman–Crippen MR) is 104 cm³/mol. The SMILES string of the molecule is CCN1C(=O)C2(CC2)c2cc(C(N[SH](=O)=O)c3cccc([N+](=O)[O-])c3)ccc21. The van der Waals surface area contributed by atoms with E-state index in [1.54, 1.807) is 17.0 Å². The summed E-state index contributed by atoms with van der Waals surface area (Å²) in [5, 5.41) is 11.1. The molecule has 146 valence electrons. The van der Waals surface area contributed by atoms with Crippen molar-refractivity contribution in [1.29, 1.82) is 0 Å². The van der Waals surface area contributed by atoms with E-state index < -0.39 is 27.3 Å². The van der Waals surface area contributed by atoms with Gasteiger partial charge in [-0.05, 0) is 42.5 Å². The molecule has 1 amide bonds. The lowest BCUT2D eigenvalue weighted by molar-refractivity contribution is -0.384. The molecule has 1 saturated carbocycles. The number of nitrogens with one attached hydrogen (secondary N) is 1. The third kappa shape index (κ3) is 2.87. The minimum atomic E-state index is -2.94. The summed E-state index contributed by atoms with van der Waals surface area (Å²) in [6.45, 7) is 2.50. The number of non-ortho nitro benzene ring substituents is 1. The van der Waals surface area contributed by atoms with Crippen LogP contribution in [0.3, 0.4) is 0 Å². The van der Waals surface area contributed by atoms with Gasteiger partial charge in [0.25, 0.3) is 5.69 Å². The topological polar surface area (TPSA) is 110 Å². The van der Waals surface area contributed by atoms with Gasteiger partial charge in [-0.1, -0.05) is 24.3 Å². The molecule has 1 aliphatic heterocycles. The van der Waals surface area contributed by atoms with Gasteiger partial charge in [-0.25, -0.2) is 13.1 Å². The zero-order valence-corrected chi connectivity index (χ0v) is 16.0. The van der Waals surface area contributed by atoms with Crippen LogP contribution in [0.25, 0.3) is 0 Å². The molecule has 9 heteroatoms. The van der Waals surface area contributed by atoms with Gasteiger partial charge in [0.15, 0.2) is 0 Å². The number of rotatable bonds is 6. The van der Waals surface area contributed by atoms with Crippen molar-refractivity contribution in [2.75, 3.05) is 11.4 Å². The zero-order valence-electron chi connectivity index (χ0n) is 15.1. The normalized spacial score (nSPS) is 17.8. The smallest absolute Gasteiger partial charge is 0.269 e. The Morgan fingerprint density at radius 3 is 2.54 bits per heavy atom. The molecule has 28 heavy (non-hydrogen) atoms. The van der Waals surface area contributed by atoms with Gasteiger partial charge in [0.1, 0.15) is 0 Å². The van der Waals surface area contributed by atoms with Crippen LogP contribution in [-0.2, 0) is 21.1 Å². The molecule has 1 atom stereocenters. The molecule has 4 rings (SSSR count). The number of carbonyl (C=O) groups excluding carboxylic acids is 1. The van der Waals surface area contributed by atoms with Gasteiger partial charge < -0.3 is 4.90 Å². The highest BCUT2D eigenvalue weighted by Gasteiger charge is 2.58. The van der Waals surface area contributed by atoms with E-state index >= 15 is 0 Å². The van der Waals surface area contributed by atoms with Crippen molar-refractivity contribution < 1.29 is 18.1 Å². The molecule has 1 N–H and O–H groups in total. The fourth-order valence-corrected chi connectivity index (χ4v) is 4.53. The van der Waals surface area contributed by atoms with Crippen molar-refractivity contribution in [3.05, 3.63) is 69.3 Å². The van der Waals surface area contributed by atoms with Crippen molar-refractivity contribution in [2.24, 2.45) is 0 Å². The fraction of sp³-hybridized carbons (Fsp3) is 0.316. The van der Waals surface area contributed by atoms with E-state index in [0.717, 1.165) is 24.1 Å². The number of nitro benzene ring substituents is 1. The molecule has 1 heterocycles. The van der Waals surface area contributed by atoms with E-state index in [1.165, 1.54) is 18.2 Å². The summed E-state index contributed by atoms with van der Waals surface area (Å²) in [7, 11) is -2.94. The maximum atomic E-state index is 12.8. The molecule has 1 aliphatic carbocycles. The van der Waals surface area contributed by atoms with E-state index in [1.807, 2.05) is 19.1 Å². The Hall–Kier alpha value is -2.78. The van der Waals surface area contributed by atoms with Gasteiger partial charge in [0.2, 0.25) is 16.8 Å². The van der Waals surface area contributed by atoms with Crippen molar-refractivity contribution in [3.63, 3.8) is 0 Å². The number of carbonyl (C=O) groups is 1. The summed E-state index contributed by atoms with van der Waals surface area (Å²) >= 11 is 0. The number of hydrogen-bond donors (Lipinski definition) is 2. The lowest BCUT2D eigenvalue weighted by atomic mass is 9.92. The number of benzene rings is 2. The number of thiol groups is 1. The third-order valence-corrected chi connectivity index (χ3v) is 6.00. The molecule has 2 aromatic rings. The van der Waals surface area contributed by atoms with Crippen LogP contribution in [0.4, 0.5) is 11.4 Å². The van der Waals surface area contributed by atoms with E-state index in [0.29, 0.717) is 17.7 Å². The molecule has 0 saturated heterocycles. The largest absolute Gasteiger partial charge is 0.312 e. The second-order valence-corrected chi connectivity index (χ2v) is 7.85. The first kappa shape index (κ1) is 18.6. The molecule has 1 unspecified atom stereocenters. The van der Waals surface area contributed by atoms with Crippen molar-refractivity contribution in [2.45, 2.75) is 31.2 Å². The van der Waals surface area contributed by atoms with Crippen LogP contribution in [0.5, 0.6) is 0 Å². The summed E-state index contributed by atoms with van der Waals surface area (Å²) in [6.07, 6.45) is 1.56. The number of hydrogen-bond acceptors (Lipinski definition) is 5. The van der Waals surface area contributed by atoms with E-state index in [9.17, 15) is 23.3 Å². The van der Waals surface area contributed by atoms with Crippen molar-refractivity contribution in [3.8, 4) is 0 Å². The molecule has 0 radical (unpaired) electrons. The molecule has 8 nitrogen and oxygen atoms in total. The second-order valence-electron chi connectivity index (χ2n) is 7.08. The van der Waals surface area contributed by atoms with Crippen LogP contribution in [0.15, 0.2) is 42.5 Å². The molecule has 1 fully saturated rings. The minimum absolute atomic E-state index is 0.0944. The average molecular weight is 401 g/mol. The molecular formula is C19H19N3O5S. The van der Waals surface area contributed by atoms with Crippen LogP contribution >= 0.6 is 0 Å². The maximum Gasteiger partial charge on any atom is 0.269 e. The summed E-state index contributed by atoms with van der Waals surface area (Å²) in [5.74, 6) is 0.0944. The highest BCUT2D eigenvalue weighted by molar-refractivity contribution is 7.70. The molecule has 0 bridgehead atoms. The van der Waals surface area contributed by atoms with Crippen molar-refractivity contribution >= 4 is 28.2 Å². The van der Waals surface area contributed by atoms with Crippen LogP contribution in [0.1, 0.15) is 42.5 Å². The van der Waals surface area contributed by atoms with Gasteiger partial charge in [-0.3, -0.25) is 14.9 Å². The lowest BCUT2D eigenvalue weighted by Gasteiger charge is -2.19. The number of fused-ring (bicyclic) bond motifs is 2. The number of amides is 1. The van der Waals surface area contributed by atoms with Gasteiger partial charge in [-0.15, -0.1) is 0 Å². The first-order valence-electron chi connectivity index (χ1n) is 8.98. The molecular weight excluding hydrogens is 382 g/mol. The second kappa shape index (κ2) is 6.68. The highest BCUT2D eigenvalue weighted by Crippen LogP contribution is 2.57. The standard InChI is InChI=1S/C19H19N3O5S/c1-2-21-16-7-6-13(11-15(16)19(8-9-19)18(21)23)17(20-28(26)27)12-4-3-5-14(10-12)22(24)25/h3-7,10-11,17,28H,2,8-9H2,1H3,(H,20,26,27). The number of nitro groups is 1. The Kier molecular flexibility index (Phi) is 4.43. The van der Waals surface area contributed by atoms with Crippen LogP contribution in [0.2, 0.25) is 0 Å². The summed E-state index contributed by atoms with van der Waals surface area (Å²) in [6, 6.07) is 10.6. The van der Waals surface area contributed by atoms with E-state index in [2.05, 4.69) is 4.72 Å². The van der Waals surface area contributed by atoms with Gasteiger partial charge in [-0.2, -0.15) is 0 Å². The van der Waals surface area contributed by atoms with E-state index in [4.69, 9.17) is 0 Å². The molecule has 2 aliphatic rings. The highest BCUT2D eigenvalue weighted by atomic mass is 32.2.